The lowest BCUT2D eigenvalue weighted by Gasteiger charge is -2.36. The van der Waals surface area contributed by atoms with Gasteiger partial charge in [-0.05, 0) is 54.5 Å². The number of hydrogen-bond acceptors (Lipinski definition) is 5. The van der Waals surface area contributed by atoms with Crippen LogP contribution in [0.15, 0.2) is 48.7 Å². The van der Waals surface area contributed by atoms with Crippen molar-refractivity contribution >= 4 is 16.6 Å². The largest absolute Gasteiger partial charge is 0.408 e. The van der Waals surface area contributed by atoms with Gasteiger partial charge < -0.3 is 5.32 Å². The topological polar surface area (TPSA) is 58.4 Å². The molecule has 1 aromatic carbocycles. The third kappa shape index (κ3) is 3.29. The molecule has 9 heteroatoms. The molecule has 34 heavy (non-hydrogen) atoms. The average Bonchev–Trinajstić information content (AvgIpc) is 3.25. The van der Waals surface area contributed by atoms with Crippen LogP contribution in [-0.2, 0) is 0 Å². The summed E-state index contributed by atoms with van der Waals surface area (Å²) in [5.74, 6) is 1.06. The van der Waals surface area contributed by atoms with Gasteiger partial charge in [-0.1, -0.05) is 24.3 Å². The first-order chi connectivity index (χ1) is 16.4. The predicted molar refractivity (Wildman–Crippen MR) is 121 cm³/mol. The highest BCUT2D eigenvalue weighted by Gasteiger charge is 2.51. The Morgan fingerprint density at radius 3 is 2.62 bits per heavy atom. The van der Waals surface area contributed by atoms with E-state index in [2.05, 4.69) is 33.7 Å². The van der Waals surface area contributed by atoms with Gasteiger partial charge in [-0.2, -0.15) is 13.2 Å². The first-order valence-electron chi connectivity index (χ1n) is 11.8. The van der Waals surface area contributed by atoms with E-state index < -0.39 is 12.2 Å². The van der Waals surface area contributed by atoms with E-state index >= 15 is 0 Å². The van der Waals surface area contributed by atoms with Crippen molar-refractivity contribution in [3.8, 4) is 11.5 Å². The molecule has 3 aromatic heterocycles. The van der Waals surface area contributed by atoms with E-state index in [1.54, 1.807) is 15.4 Å². The molecule has 7 rings (SSSR count). The molecular weight excluding hydrogens is 441 g/mol. The first kappa shape index (κ1) is 20.3. The lowest BCUT2D eigenvalue weighted by Crippen LogP contribution is -2.49. The molecule has 0 amide bonds. The molecule has 174 valence electrons. The third-order valence-corrected chi connectivity index (χ3v) is 7.48. The number of aromatic nitrogens is 4. The average molecular weight is 464 g/mol. The number of fused-ring (bicyclic) bond motifs is 4. The van der Waals surface area contributed by atoms with Gasteiger partial charge in [-0.25, -0.2) is 4.98 Å². The van der Waals surface area contributed by atoms with Crippen molar-refractivity contribution in [1.29, 1.82) is 0 Å². The number of alkyl halides is 3. The number of halogens is 3. The molecular formula is C25H23F3N6. The van der Waals surface area contributed by atoms with Gasteiger partial charge in [0.1, 0.15) is 11.7 Å². The van der Waals surface area contributed by atoms with Crippen molar-refractivity contribution in [3.05, 3.63) is 59.8 Å². The van der Waals surface area contributed by atoms with Crippen LogP contribution in [0.1, 0.15) is 42.3 Å². The zero-order chi connectivity index (χ0) is 23.0. The fourth-order valence-corrected chi connectivity index (χ4v) is 5.65. The van der Waals surface area contributed by atoms with Gasteiger partial charge in [-0.3, -0.25) is 9.30 Å². The van der Waals surface area contributed by atoms with Crippen molar-refractivity contribution in [1.82, 2.24) is 29.8 Å². The summed E-state index contributed by atoms with van der Waals surface area (Å²) >= 11 is 0. The van der Waals surface area contributed by atoms with Gasteiger partial charge in [-0.15, -0.1) is 10.2 Å². The minimum absolute atomic E-state index is 0.101. The van der Waals surface area contributed by atoms with Gasteiger partial charge in [0.25, 0.3) is 0 Å². The highest BCUT2D eigenvalue weighted by Crippen LogP contribution is 2.43. The molecule has 3 fully saturated rings. The van der Waals surface area contributed by atoms with Crippen LogP contribution < -0.4 is 5.32 Å². The number of nitrogens with zero attached hydrogens (tertiary/aromatic N) is 5. The molecule has 2 saturated heterocycles. The van der Waals surface area contributed by atoms with Gasteiger partial charge in [0.15, 0.2) is 11.5 Å². The first-order valence-corrected chi connectivity index (χ1v) is 11.8. The fourth-order valence-electron chi connectivity index (χ4n) is 5.65. The minimum atomic E-state index is -4.38. The highest BCUT2D eigenvalue weighted by molar-refractivity contribution is 5.82. The number of pyridine rings is 2. The molecule has 1 aliphatic carbocycles. The summed E-state index contributed by atoms with van der Waals surface area (Å²) in [4.78, 5) is 6.40. The summed E-state index contributed by atoms with van der Waals surface area (Å²) in [5, 5.41) is 12.8. The lowest BCUT2D eigenvalue weighted by atomic mass is 10.1. The fraction of sp³-hybridized carbons (Fsp3) is 0.400. The number of likely N-dealkylation sites (tertiary alicyclic amines) is 1. The Morgan fingerprint density at radius 1 is 1.03 bits per heavy atom. The molecule has 2 aliphatic heterocycles. The summed E-state index contributed by atoms with van der Waals surface area (Å²) in [6.07, 6.45) is 0.327. The monoisotopic (exact) mass is 464 g/mol. The summed E-state index contributed by atoms with van der Waals surface area (Å²) in [6, 6.07) is 11.7. The molecule has 0 spiro atoms. The number of benzene rings is 1. The van der Waals surface area contributed by atoms with Crippen LogP contribution in [0.5, 0.6) is 0 Å². The number of piperazine rings is 1. The van der Waals surface area contributed by atoms with Crippen molar-refractivity contribution in [2.24, 2.45) is 0 Å². The van der Waals surface area contributed by atoms with Crippen molar-refractivity contribution in [2.45, 2.75) is 49.5 Å². The Morgan fingerprint density at radius 2 is 1.88 bits per heavy atom. The van der Waals surface area contributed by atoms with Crippen LogP contribution in [0.25, 0.3) is 28.1 Å². The zero-order valence-electron chi connectivity index (χ0n) is 18.3. The second-order valence-corrected chi connectivity index (χ2v) is 9.77. The summed E-state index contributed by atoms with van der Waals surface area (Å²) in [6.45, 7) is 0.999. The highest BCUT2D eigenvalue weighted by atomic mass is 19.4. The zero-order valence-corrected chi connectivity index (χ0v) is 18.3. The normalized spacial score (nSPS) is 23.9. The van der Waals surface area contributed by atoms with Crippen LogP contribution >= 0.6 is 0 Å². The predicted octanol–water partition coefficient (Wildman–Crippen LogP) is 4.47. The summed E-state index contributed by atoms with van der Waals surface area (Å²) in [5.41, 5.74) is 3.44. The van der Waals surface area contributed by atoms with E-state index in [1.165, 1.54) is 30.7 Å². The summed E-state index contributed by atoms with van der Waals surface area (Å²) < 4.78 is 44.5. The van der Waals surface area contributed by atoms with E-state index in [0.29, 0.717) is 36.2 Å². The molecule has 3 aliphatic rings. The Labute approximate surface area is 193 Å². The molecule has 0 radical (unpaired) electrons. The smallest absolute Gasteiger partial charge is 0.311 e. The van der Waals surface area contributed by atoms with Gasteiger partial charge >= 0.3 is 6.18 Å². The standard InChI is InChI=1S/C25H23F3N6/c26-25(27,28)23(33-13-18-10-19(33)11-29-18)17-6-8-22-31-32-24(34(22)12-17)20-7-5-15-3-4-16(14-1-2-14)9-21(15)30-20/h3-9,12,14,18-19,23,29H,1-2,10-11,13H2. The van der Waals surface area contributed by atoms with E-state index in [1.807, 2.05) is 12.1 Å². The van der Waals surface area contributed by atoms with Crippen LogP contribution in [-0.4, -0.2) is 55.8 Å². The number of rotatable bonds is 4. The Bertz CT molecular complexity index is 1410. The number of nitrogens with one attached hydrogen (secondary N) is 1. The molecule has 1 saturated carbocycles. The number of hydrogen-bond donors (Lipinski definition) is 1. The van der Waals surface area contributed by atoms with Crippen molar-refractivity contribution in [2.75, 3.05) is 13.1 Å². The van der Waals surface area contributed by atoms with E-state index in [9.17, 15) is 13.2 Å². The van der Waals surface area contributed by atoms with Crippen molar-refractivity contribution in [3.63, 3.8) is 0 Å². The summed E-state index contributed by atoms with van der Waals surface area (Å²) in [7, 11) is 0. The Balaban J connectivity index is 1.31. The molecule has 3 atom stereocenters. The third-order valence-electron chi connectivity index (χ3n) is 7.48. The lowest BCUT2D eigenvalue weighted by molar-refractivity contribution is -0.190. The van der Waals surface area contributed by atoms with Gasteiger partial charge in [0, 0.05) is 36.8 Å². The SMILES string of the molecule is FC(F)(F)C(c1ccc2nnc(-c3ccc4ccc(C5CC5)cc4n3)n2c1)N1CC2CC1CN2. The maximum atomic E-state index is 14.3. The quantitative estimate of drug-likeness (QED) is 0.483. The molecule has 4 aromatic rings. The second-order valence-electron chi connectivity index (χ2n) is 9.77. The van der Waals surface area contributed by atoms with Crippen molar-refractivity contribution < 1.29 is 13.2 Å². The van der Waals surface area contributed by atoms with E-state index in [4.69, 9.17) is 4.98 Å². The van der Waals surface area contributed by atoms with Crippen LogP contribution in [0.4, 0.5) is 13.2 Å². The Hall–Kier alpha value is -3.04. The van der Waals surface area contributed by atoms with E-state index in [0.717, 1.165) is 17.3 Å². The van der Waals surface area contributed by atoms with Gasteiger partial charge in [0.2, 0.25) is 0 Å². The van der Waals surface area contributed by atoms with Crippen LogP contribution in [0.2, 0.25) is 0 Å². The minimum Gasteiger partial charge on any atom is -0.311 e. The van der Waals surface area contributed by atoms with E-state index in [-0.39, 0.29) is 17.6 Å². The molecule has 1 N–H and O–H groups in total. The molecule has 5 heterocycles. The molecule has 2 bridgehead atoms. The Kier molecular flexibility index (Phi) is 4.32. The maximum Gasteiger partial charge on any atom is 0.408 e. The van der Waals surface area contributed by atoms with Crippen LogP contribution in [0, 0.1) is 0 Å². The maximum absolute atomic E-state index is 14.3. The van der Waals surface area contributed by atoms with Crippen LogP contribution in [0.3, 0.4) is 0 Å². The molecule has 6 nitrogen and oxygen atoms in total. The van der Waals surface area contributed by atoms with Gasteiger partial charge in [0.05, 0.1) is 5.52 Å². The molecule has 3 unspecified atom stereocenters. The second kappa shape index (κ2) is 7.23.